The second-order valence-electron chi connectivity index (χ2n) is 5.81. The Bertz CT molecular complexity index is 624. The number of nitro benzene ring substituents is 1. The first-order valence-electron chi connectivity index (χ1n) is 6.97. The van der Waals surface area contributed by atoms with Gasteiger partial charge in [0, 0.05) is 12.6 Å². The van der Waals surface area contributed by atoms with Crippen LogP contribution in [0.15, 0.2) is 18.2 Å². The maximum atomic E-state index is 11.4. The third-order valence-corrected chi connectivity index (χ3v) is 2.95. The van der Waals surface area contributed by atoms with Crippen molar-refractivity contribution in [2.24, 2.45) is 0 Å². The van der Waals surface area contributed by atoms with Crippen molar-refractivity contribution < 1.29 is 14.5 Å². The summed E-state index contributed by atoms with van der Waals surface area (Å²) < 4.78 is 5.09. The molecule has 8 heteroatoms. The predicted octanol–water partition coefficient (Wildman–Crippen LogP) is 3.76. The molecule has 1 amide bonds. The first-order chi connectivity index (χ1) is 10.6. The number of rotatable bonds is 5. The van der Waals surface area contributed by atoms with E-state index >= 15 is 0 Å². The number of alkyl carbamates (subject to hydrolysis) is 1. The molecule has 3 N–H and O–H groups in total. The van der Waals surface area contributed by atoms with Gasteiger partial charge in [0.1, 0.15) is 11.3 Å². The molecule has 0 atom stereocenters. The van der Waals surface area contributed by atoms with E-state index in [0.717, 1.165) is 0 Å². The van der Waals surface area contributed by atoms with Crippen molar-refractivity contribution in [2.75, 3.05) is 12.3 Å². The Hall–Kier alpha value is -2.28. The molecule has 0 bridgehead atoms. The van der Waals surface area contributed by atoms with Gasteiger partial charge < -0.3 is 15.8 Å². The second kappa shape index (κ2) is 7.82. The highest BCUT2D eigenvalue weighted by atomic mass is 35.5. The van der Waals surface area contributed by atoms with Crippen molar-refractivity contribution >= 4 is 35.1 Å². The standard InChI is InChI=1S/C15H20ClN3O4/c1-15(2,3)23-14(20)18-7-5-4-6-10-8-13(19(21)22)12(17)9-11(10)16/h4,6,8-9H,5,7,17H2,1-3H3,(H,18,20). The number of nitrogens with zero attached hydrogens (tertiary/aromatic N) is 1. The number of amides is 1. The van der Waals surface area contributed by atoms with Crippen molar-refractivity contribution in [3.8, 4) is 0 Å². The molecule has 0 radical (unpaired) electrons. The van der Waals surface area contributed by atoms with Crippen LogP contribution in [0.1, 0.15) is 32.8 Å². The topological polar surface area (TPSA) is 107 Å². The molecule has 126 valence electrons. The molecule has 0 unspecified atom stereocenters. The number of nitrogen functional groups attached to an aromatic ring is 1. The quantitative estimate of drug-likeness (QED) is 0.367. The van der Waals surface area contributed by atoms with E-state index in [1.165, 1.54) is 12.1 Å². The summed E-state index contributed by atoms with van der Waals surface area (Å²) in [6, 6.07) is 2.66. The van der Waals surface area contributed by atoms with Crippen molar-refractivity contribution in [2.45, 2.75) is 32.8 Å². The SMILES string of the molecule is CC(C)(C)OC(=O)NCCC=Cc1cc([N+](=O)[O-])c(N)cc1Cl. The molecular formula is C15H20ClN3O4. The minimum Gasteiger partial charge on any atom is -0.444 e. The van der Waals surface area contributed by atoms with E-state index in [9.17, 15) is 14.9 Å². The largest absolute Gasteiger partial charge is 0.444 e. The number of carbonyl (C=O) groups is 1. The average Bonchev–Trinajstić information content (AvgIpc) is 2.38. The van der Waals surface area contributed by atoms with Crippen LogP contribution >= 0.6 is 11.6 Å². The number of benzene rings is 1. The molecule has 1 aromatic rings. The number of ether oxygens (including phenoxy) is 1. The summed E-state index contributed by atoms with van der Waals surface area (Å²) in [5.41, 5.74) is 5.31. The van der Waals surface area contributed by atoms with E-state index in [4.69, 9.17) is 22.1 Å². The van der Waals surface area contributed by atoms with E-state index in [-0.39, 0.29) is 11.4 Å². The Morgan fingerprint density at radius 2 is 2.13 bits per heavy atom. The maximum Gasteiger partial charge on any atom is 0.407 e. The summed E-state index contributed by atoms with van der Waals surface area (Å²) in [4.78, 5) is 21.7. The molecule has 0 aliphatic carbocycles. The Kier molecular flexibility index (Phi) is 6.38. The number of nitrogens with one attached hydrogen (secondary N) is 1. The van der Waals surface area contributed by atoms with Gasteiger partial charge in [-0.1, -0.05) is 23.8 Å². The zero-order chi connectivity index (χ0) is 17.6. The van der Waals surface area contributed by atoms with Crippen LogP contribution in [-0.4, -0.2) is 23.2 Å². The third kappa shape index (κ3) is 6.56. The van der Waals surface area contributed by atoms with Crippen LogP contribution in [0.5, 0.6) is 0 Å². The van der Waals surface area contributed by atoms with Crippen LogP contribution < -0.4 is 11.1 Å². The molecule has 7 nitrogen and oxygen atoms in total. The molecule has 23 heavy (non-hydrogen) atoms. The van der Waals surface area contributed by atoms with Gasteiger partial charge in [-0.15, -0.1) is 0 Å². The summed E-state index contributed by atoms with van der Waals surface area (Å²) >= 11 is 6.00. The molecule has 1 aromatic carbocycles. The van der Waals surface area contributed by atoms with Gasteiger partial charge in [0.2, 0.25) is 0 Å². The minimum atomic E-state index is -0.562. The van der Waals surface area contributed by atoms with Gasteiger partial charge >= 0.3 is 6.09 Å². The van der Waals surface area contributed by atoms with Gasteiger partial charge in [0.15, 0.2) is 0 Å². The fourth-order valence-electron chi connectivity index (χ4n) is 1.66. The molecule has 0 saturated heterocycles. The van der Waals surface area contributed by atoms with Crippen LogP contribution in [-0.2, 0) is 4.74 Å². The highest BCUT2D eigenvalue weighted by Crippen LogP contribution is 2.29. The Balaban J connectivity index is 2.57. The summed E-state index contributed by atoms with van der Waals surface area (Å²) in [6.45, 7) is 5.72. The van der Waals surface area contributed by atoms with Crippen molar-refractivity contribution in [1.29, 1.82) is 0 Å². The van der Waals surface area contributed by atoms with Crippen molar-refractivity contribution in [3.05, 3.63) is 38.9 Å². The second-order valence-corrected chi connectivity index (χ2v) is 6.22. The number of nitro groups is 1. The molecule has 0 fully saturated rings. The van der Waals surface area contributed by atoms with Crippen LogP contribution in [0.3, 0.4) is 0 Å². The molecular weight excluding hydrogens is 322 g/mol. The fraction of sp³-hybridized carbons (Fsp3) is 0.400. The van der Waals surface area contributed by atoms with Crippen LogP contribution in [0.2, 0.25) is 5.02 Å². The number of carbonyl (C=O) groups excluding carboxylic acids is 1. The summed E-state index contributed by atoms with van der Waals surface area (Å²) in [5.74, 6) is 0. The number of anilines is 1. The predicted molar refractivity (Wildman–Crippen MR) is 90.4 cm³/mol. The van der Waals surface area contributed by atoms with Gasteiger partial charge in [-0.05, 0) is 38.8 Å². The third-order valence-electron chi connectivity index (χ3n) is 2.62. The molecule has 0 aromatic heterocycles. The van der Waals surface area contributed by atoms with Gasteiger partial charge in [0.25, 0.3) is 5.69 Å². The number of hydrogen-bond donors (Lipinski definition) is 2. The zero-order valence-electron chi connectivity index (χ0n) is 13.3. The van der Waals surface area contributed by atoms with Crippen LogP contribution in [0.4, 0.5) is 16.2 Å². The van der Waals surface area contributed by atoms with Crippen LogP contribution in [0.25, 0.3) is 6.08 Å². The van der Waals surface area contributed by atoms with Crippen LogP contribution in [0, 0.1) is 10.1 Å². The summed E-state index contributed by atoms with van der Waals surface area (Å²) in [5, 5.41) is 13.8. The Morgan fingerprint density at radius 1 is 1.48 bits per heavy atom. The number of halogens is 1. The monoisotopic (exact) mass is 341 g/mol. The van der Waals surface area contributed by atoms with Crippen molar-refractivity contribution in [1.82, 2.24) is 5.32 Å². The fourth-order valence-corrected chi connectivity index (χ4v) is 1.90. The van der Waals surface area contributed by atoms with E-state index in [1.54, 1.807) is 32.9 Å². The normalized spacial score (nSPS) is 11.5. The Labute approximate surface area is 139 Å². The maximum absolute atomic E-state index is 11.4. The molecule has 0 spiro atoms. The van der Waals surface area contributed by atoms with E-state index in [2.05, 4.69) is 5.32 Å². The molecule has 0 saturated carbocycles. The molecule has 0 aliphatic heterocycles. The highest BCUT2D eigenvalue weighted by molar-refractivity contribution is 6.32. The Morgan fingerprint density at radius 3 is 2.70 bits per heavy atom. The molecule has 1 rings (SSSR count). The molecule has 0 heterocycles. The van der Waals surface area contributed by atoms with Crippen molar-refractivity contribution in [3.63, 3.8) is 0 Å². The van der Waals surface area contributed by atoms with Gasteiger partial charge in [-0.3, -0.25) is 10.1 Å². The van der Waals surface area contributed by atoms with Gasteiger partial charge in [-0.2, -0.15) is 0 Å². The zero-order valence-corrected chi connectivity index (χ0v) is 14.0. The lowest BCUT2D eigenvalue weighted by molar-refractivity contribution is -0.383. The minimum absolute atomic E-state index is 0.0174. The van der Waals surface area contributed by atoms with E-state index in [1.807, 2.05) is 0 Å². The van der Waals surface area contributed by atoms with Gasteiger partial charge in [-0.25, -0.2) is 4.79 Å². The first-order valence-corrected chi connectivity index (χ1v) is 7.35. The number of hydrogen-bond acceptors (Lipinski definition) is 5. The average molecular weight is 342 g/mol. The van der Waals surface area contributed by atoms with Gasteiger partial charge in [0.05, 0.1) is 9.95 Å². The summed E-state index contributed by atoms with van der Waals surface area (Å²) in [7, 11) is 0. The van der Waals surface area contributed by atoms with E-state index < -0.39 is 16.6 Å². The first kappa shape index (κ1) is 18.8. The molecule has 0 aliphatic rings. The smallest absolute Gasteiger partial charge is 0.407 e. The lowest BCUT2D eigenvalue weighted by Crippen LogP contribution is -2.32. The summed E-state index contributed by atoms with van der Waals surface area (Å²) in [6.07, 6.45) is 3.42. The number of nitrogens with two attached hydrogens (primary N) is 1. The van der Waals surface area contributed by atoms with E-state index in [0.29, 0.717) is 23.6 Å². The lowest BCUT2D eigenvalue weighted by Gasteiger charge is -2.19. The highest BCUT2D eigenvalue weighted by Gasteiger charge is 2.15. The lowest BCUT2D eigenvalue weighted by atomic mass is 10.1.